The van der Waals surface area contributed by atoms with E-state index in [-0.39, 0.29) is 18.5 Å². The molecule has 0 aliphatic heterocycles. The summed E-state index contributed by atoms with van der Waals surface area (Å²) in [7, 11) is 0. The average Bonchev–Trinajstić information content (AvgIpc) is 3.18. The molecule has 24 heavy (non-hydrogen) atoms. The molecule has 2 bridgehead atoms. The second-order valence-corrected chi connectivity index (χ2v) is 8.83. The summed E-state index contributed by atoms with van der Waals surface area (Å²) >= 11 is 0. The standard InChI is InChI=1S/C19H24O5/c1-11(2)15(12-3-4-12)23-7-14(20)24-16-5-13-6-17(21)10-18(22,8-16)19(13,17)9-16/h13,21-22H,1,3-10H2,2H3. The number of allylic oxidation sites excluding steroid dienone is 2. The number of ether oxygens (including phenoxy) is 2. The van der Waals surface area contributed by atoms with Gasteiger partial charge in [0.05, 0.1) is 11.2 Å². The summed E-state index contributed by atoms with van der Waals surface area (Å²) in [4.78, 5) is 12.3. The molecule has 0 heterocycles. The maximum Gasteiger partial charge on any atom is 0.344 e. The van der Waals surface area contributed by atoms with E-state index in [0.717, 1.165) is 37.0 Å². The molecule has 5 atom stereocenters. The highest BCUT2D eigenvalue weighted by atomic mass is 16.6. The molecule has 5 aliphatic rings. The third kappa shape index (κ3) is 1.56. The zero-order valence-electron chi connectivity index (χ0n) is 14.1. The first kappa shape index (κ1) is 15.0. The molecule has 5 nitrogen and oxygen atoms in total. The van der Waals surface area contributed by atoms with Gasteiger partial charge in [0, 0.05) is 18.3 Å². The highest BCUT2D eigenvalue weighted by Gasteiger charge is 2.91. The van der Waals surface area contributed by atoms with Crippen LogP contribution in [0, 0.1) is 11.3 Å². The van der Waals surface area contributed by atoms with Gasteiger partial charge in [-0.25, -0.2) is 4.79 Å². The van der Waals surface area contributed by atoms with E-state index in [1.165, 1.54) is 5.57 Å². The van der Waals surface area contributed by atoms with Gasteiger partial charge in [-0.1, -0.05) is 6.58 Å². The van der Waals surface area contributed by atoms with Crippen molar-refractivity contribution >= 4 is 5.97 Å². The maximum atomic E-state index is 12.3. The van der Waals surface area contributed by atoms with Gasteiger partial charge >= 0.3 is 5.97 Å². The van der Waals surface area contributed by atoms with Crippen molar-refractivity contribution < 1.29 is 24.5 Å². The van der Waals surface area contributed by atoms with Crippen molar-refractivity contribution in [2.45, 2.75) is 68.7 Å². The van der Waals surface area contributed by atoms with Crippen LogP contribution in [0.2, 0.25) is 0 Å². The maximum absolute atomic E-state index is 12.3. The molecule has 0 radical (unpaired) electrons. The van der Waals surface area contributed by atoms with Crippen molar-refractivity contribution in [2.24, 2.45) is 11.3 Å². The Morgan fingerprint density at radius 1 is 1.21 bits per heavy atom. The molecule has 0 saturated heterocycles. The third-order valence-electron chi connectivity index (χ3n) is 7.23. The molecule has 5 heteroatoms. The fraction of sp³-hybridized carbons (Fsp3) is 0.737. The lowest BCUT2D eigenvalue weighted by molar-refractivity contribution is -0.373. The van der Waals surface area contributed by atoms with E-state index in [2.05, 4.69) is 6.58 Å². The first-order chi connectivity index (χ1) is 11.2. The van der Waals surface area contributed by atoms with Crippen molar-refractivity contribution in [1.82, 2.24) is 0 Å². The van der Waals surface area contributed by atoms with E-state index in [0.29, 0.717) is 19.3 Å². The van der Waals surface area contributed by atoms with Gasteiger partial charge in [-0.3, -0.25) is 0 Å². The lowest BCUT2D eigenvalue weighted by atomic mass is 9.33. The molecule has 2 N–H and O–H groups in total. The molecule has 130 valence electrons. The van der Waals surface area contributed by atoms with Gasteiger partial charge in [0.25, 0.3) is 0 Å². The van der Waals surface area contributed by atoms with Crippen molar-refractivity contribution in [3.05, 3.63) is 23.5 Å². The van der Waals surface area contributed by atoms with Crippen LogP contribution in [-0.2, 0) is 14.3 Å². The van der Waals surface area contributed by atoms with Crippen LogP contribution >= 0.6 is 0 Å². The lowest BCUT2D eigenvalue weighted by Crippen LogP contribution is -2.82. The van der Waals surface area contributed by atoms with E-state index >= 15 is 0 Å². The van der Waals surface area contributed by atoms with Crippen LogP contribution in [-0.4, -0.2) is 39.6 Å². The Kier molecular flexibility index (Phi) is 2.54. The molecule has 5 aliphatic carbocycles. The van der Waals surface area contributed by atoms with Crippen LogP contribution < -0.4 is 0 Å². The van der Waals surface area contributed by atoms with Crippen molar-refractivity contribution in [2.75, 3.05) is 6.61 Å². The third-order valence-corrected chi connectivity index (χ3v) is 7.23. The minimum atomic E-state index is -0.844. The fourth-order valence-electron chi connectivity index (χ4n) is 6.56. The zero-order valence-corrected chi connectivity index (χ0v) is 14.1. The highest BCUT2D eigenvalue weighted by Crippen LogP contribution is 2.85. The van der Waals surface area contributed by atoms with Crippen LogP contribution in [0.1, 0.15) is 51.9 Å². The molecular weight excluding hydrogens is 308 g/mol. The summed E-state index contributed by atoms with van der Waals surface area (Å²) in [6.45, 7) is 5.66. The molecular formula is C19H24O5. The fourth-order valence-corrected chi connectivity index (χ4v) is 6.56. The van der Waals surface area contributed by atoms with Gasteiger partial charge in [0.1, 0.15) is 11.4 Å². The van der Waals surface area contributed by atoms with E-state index in [1.54, 1.807) is 0 Å². The van der Waals surface area contributed by atoms with Crippen molar-refractivity contribution in [3.63, 3.8) is 0 Å². The average molecular weight is 332 g/mol. The van der Waals surface area contributed by atoms with E-state index in [9.17, 15) is 15.0 Å². The molecule has 0 aromatic heterocycles. The van der Waals surface area contributed by atoms with Gasteiger partial charge in [-0.05, 0) is 56.1 Å². The Bertz CT molecular complexity index is 705. The lowest BCUT2D eigenvalue weighted by Gasteiger charge is -2.74. The number of hydrogen-bond donors (Lipinski definition) is 2. The van der Waals surface area contributed by atoms with Crippen LogP contribution in [0.25, 0.3) is 0 Å². The first-order valence-corrected chi connectivity index (χ1v) is 8.90. The van der Waals surface area contributed by atoms with Crippen molar-refractivity contribution in [1.29, 1.82) is 0 Å². The van der Waals surface area contributed by atoms with E-state index in [1.807, 2.05) is 6.92 Å². The Balaban J connectivity index is 1.27. The van der Waals surface area contributed by atoms with Gasteiger partial charge in [0.15, 0.2) is 6.61 Å². The second-order valence-electron chi connectivity index (χ2n) is 8.83. The SMILES string of the molecule is C=C(C)C(OCC(=O)OC12CC3CC4(O)CC(O)(C1)C34C2)=C1CC1. The quantitative estimate of drug-likeness (QED) is 0.595. The Hall–Kier alpha value is -1.33. The van der Waals surface area contributed by atoms with E-state index in [4.69, 9.17) is 9.47 Å². The summed E-state index contributed by atoms with van der Waals surface area (Å²) < 4.78 is 11.5. The Labute approximate surface area is 141 Å². The number of rotatable bonds is 5. The summed E-state index contributed by atoms with van der Waals surface area (Å²) in [6, 6.07) is 0. The second kappa shape index (κ2) is 4.07. The topological polar surface area (TPSA) is 76.0 Å². The largest absolute Gasteiger partial charge is 0.482 e. The summed E-state index contributed by atoms with van der Waals surface area (Å²) in [6.07, 6.45) is 5.00. The van der Waals surface area contributed by atoms with Gasteiger partial charge in [0.2, 0.25) is 0 Å². The number of fused-ring (bicyclic) bond motifs is 1. The minimum absolute atomic E-state index is 0.117. The zero-order chi connectivity index (χ0) is 17.0. The van der Waals surface area contributed by atoms with Gasteiger partial charge in [-0.2, -0.15) is 0 Å². The summed E-state index contributed by atoms with van der Waals surface area (Å²) in [5.41, 5.74) is -0.550. The van der Waals surface area contributed by atoms with Crippen LogP contribution in [0.5, 0.6) is 0 Å². The smallest absolute Gasteiger partial charge is 0.344 e. The number of aliphatic hydroxyl groups is 2. The summed E-state index contributed by atoms with van der Waals surface area (Å²) in [5.74, 6) is 0.637. The van der Waals surface area contributed by atoms with Crippen molar-refractivity contribution in [3.8, 4) is 0 Å². The molecule has 5 rings (SSSR count). The van der Waals surface area contributed by atoms with Gasteiger partial charge in [-0.15, -0.1) is 0 Å². The molecule has 1 spiro atoms. The van der Waals surface area contributed by atoms with Crippen LogP contribution in [0.4, 0.5) is 0 Å². The molecule has 5 saturated carbocycles. The predicted molar refractivity (Wildman–Crippen MR) is 84.8 cm³/mol. The normalized spacial score (nSPS) is 49.0. The number of hydrogen-bond acceptors (Lipinski definition) is 5. The summed E-state index contributed by atoms with van der Waals surface area (Å²) in [5, 5.41) is 21.4. The molecule has 0 amide bonds. The molecule has 0 aromatic rings. The Morgan fingerprint density at radius 2 is 1.96 bits per heavy atom. The van der Waals surface area contributed by atoms with Crippen LogP contribution in [0.3, 0.4) is 0 Å². The number of esters is 1. The predicted octanol–water partition coefficient (Wildman–Crippen LogP) is 1.98. The molecule has 5 fully saturated rings. The Morgan fingerprint density at radius 3 is 2.50 bits per heavy atom. The highest BCUT2D eigenvalue weighted by molar-refractivity contribution is 5.72. The monoisotopic (exact) mass is 332 g/mol. The molecule has 0 aromatic carbocycles. The van der Waals surface area contributed by atoms with Gasteiger partial charge < -0.3 is 19.7 Å². The molecule has 5 unspecified atom stereocenters. The van der Waals surface area contributed by atoms with E-state index < -0.39 is 22.2 Å². The number of carbonyl (C=O) groups is 1. The van der Waals surface area contributed by atoms with Crippen LogP contribution in [0.15, 0.2) is 23.5 Å². The number of carbonyl (C=O) groups excluding carboxylic acids is 1. The minimum Gasteiger partial charge on any atom is -0.482 e. The first-order valence-electron chi connectivity index (χ1n) is 8.90.